The van der Waals surface area contributed by atoms with Crippen LogP contribution in [0.5, 0.6) is 0 Å². The number of nitrogens with one attached hydrogen (secondary N) is 1. The number of nitrogen functional groups attached to an aromatic ring is 1. The minimum Gasteiger partial charge on any atom is -0.408 e. The van der Waals surface area contributed by atoms with E-state index < -0.39 is 11.7 Å². The molecule has 0 bridgehead atoms. The van der Waals surface area contributed by atoms with Gasteiger partial charge in [-0.05, 0) is 18.2 Å². The maximum atomic E-state index is 13.0. The zero-order valence-corrected chi connectivity index (χ0v) is 8.90. The number of halogens is 1. The number of rotatable bonds is 2. The lowest BCUT2D eigenvalue weighted by molar-refractivity contribution is 0.102. The maximum absolute atomic E-state index is 13.0. The van der Waals surface area contributed by atoms with Crippen molar-refractivity contribution in [3.8, 4) is 0 Å². The molecule has 17 heavy (non-hydrogen) atoms. The number of carbonyl (C=O) groups is 1. The zero-order chi connectivity index (χ0) is 12.4. The monoisotopic (exact) mass is 236 g/mol. The van der Waals surface area contributed by atoms with Crippen molar-refractivity contribution in [1.82, 2.24) is 10.2 Å². The molecular formula is C10H9FN4O2. The lowest BCUT2D eigenvalue weighted by Gasteiger charge is -2.02. The second-order valence-electron chi connectivity index (χ2n) is 3.35. The first-order valence-corrected chi connectivity index (χ1v) is 4.72. The van der Waals surface area contributed by atoms with Crippen molar-refractivity contribution in [3.63, 3.8) is 0 Å². The summed E-state index contributed by atoms with van der Waals surface area (Å²) in [5.74, 6) is -0.837. The van der Waals surface area contributed by atoms with Crippen LogP contribution in [-0.2, 0) is 0 Å². The third kappa shape index (κ3) is 2.57. The van der Waals surface area contributed by atoms with Crippen molar-refractivity contribution >= 4 is 17.6 Å². The van der Waals surface area contributed by atoms with Gasteiger partial charge < -0.3 is 10.2 Å². The number of amides is 1. The summed E-state index contributed by atoms with van der Waals surface area (Å²) >= 11 is 0. The number of nitrogens with two attached hydrogens (primary N) is 1. The predicted molar refractivity (Wildman–Crippen MR) is 57.8 cm³/mol. The van der Waals surface area contributed by atoms with Gasteiger partial charge in [0.05, 0.1) is 0 Å². The number of aryl methyl sites for hydroxylation is 1. The van der Waals surface area contributed by atoms with Gasteiger partial charge in [0.25, 0.3) is 5.91 Å². The molecule has 6 nitrogen and oxygen atoms in total. The minimum absolute atomic E-state index is 0.0460. The molecule has 0 radical (unpaired) electrons. The molecule has 1 aromatic carbocycles. The highest BCUT2D eigenvalue weighted by Crippen LogP contribution is 2.13. The molecule has 3 N–H and O–H groups in total. The van der Waals surface area contributed by atoms with E-state index in [0.29, 0.717) is 5.89 Å². The van der Waals surface area contributed by atoms with Gasteiger partial charge in [0.2, 0.25) is 5.89 Å². The molecule has 0 aliphatic rings. The fourth-order valence-corrected chi connectivity index (χ4v) is 1.26. The van der Waals surface area contributed by atoms with Crippen molar-refractivity contribution in [1.29, 1.82) is 0 Å². The molecule has 1 aromatic heterocycles. The van der Waals surface area contributed by atoms with Crippen LogP contribution >= 0.6 is 0 Å². The highest BCUT2D eigenvalue weighted by molar-refractivity contribution is 6.03. The highest BCUT2D eigenvalue weighted by Gasteiger charge is 2.11. The van der Waals surface area contributed by atoms with Gasteiger partial charge in [-0.15, -0.1) is 5.10 Å². The van der Waals surface area contributed by atoms with Crippen LogP contribution in [0.2, 0.25) is 0 Å². The number of nitrogens with zero attached hydrogens (tertiary/aromatic N) is 2. The molecule has 0 saturated heterocycles. The van der Waals surface area contributed by atoms with Crippen LogP contribution in [-0.4, -0.2) is 16.1 Å². The summed E-state index contributed by atoms with van der Waals surface area (Å²) in [7, 11) is 0. The van der Waals surface area contributed by atoms with E-state index in [9.17, 15) is 9.18 Å². The summed E-state index contributed by atoms with van der Waals surface area (Å²) in [6.07, 6.45) is 0. The van der Waals surface area contributed by atoms with Crippen molar-refractivity contribution in [2.75, 3.05) is 11.1 Å². The number of hydrogen-bond acceptors (Lipinski definition) is 5. The van der Waals surface area contributed by atoms with Gasteiger partial charge in [0.1, 0.15) is 5.82 Å². The summed E-state index contributed by atoms with van der Waals surface area (Å²) in [6.45, 7) is 1.59. The summed E-state index contributed by atoms with van der Waals surface area (Å²) in [6, 6.07) is 3.49. The fraction of sp³-hybridized carbons (Fsp3) is 0.100. The van der Waals surface area contributed by atoms with E-state index >= 15 is 0 Å². The number of anilines is 2. The van der Waals surface area contributed by atoms with E-state index in [1.54, 1.807) is 6.92 Å². The van der Waals surface area contributed by atoms with Crippen LogP contribution in [0.4, 0.5) is 16.1 Å². The smallest absolute Gasteiger partial charge is 0.322 e. The topological polar surface area (TPSA) is 94.0 Å². The maximum Gasteiger partial charge on any atom is 0.322 e. The van der Waals surface area contributed by atoms with Gasteiger partial charge in [-0.3, -0.25) is 10.1 Å². The summed E-state index contributed by atoms with van der Waals surface area (Å²) in [4.78, 5) is 11.7. The third-order valence-electron chi connectivity index (χ3n) is 1.93. The number of benzene rings is 1. The molecule has 1 amide bonds. The highest BCUT2D eigenvalue weighted by atomic mass is 19.1. The second-order valence-corrected chi connectivity index (χ2v) is 3.35. The largest absolute Gasteiger partial charge is 0.408 e. The molecule has 2 rings (SSSR count). The predicted octanol–water partition coefficient (Wildman–Crippen LogP) is 1.35. The molecule has 0 unspecified atom stereocenters. The first kappa shape index (κ1) is 11.1. The van der Waals surface area contributed by atoms with Crippen LogP contribution in [0.1, 0.15) is 16.2 Å². The quantitative estimate of drug-likeness (QED) is 0.767. The summed E-state index contributed by atoms with van der Waals surface area (Å²) < 4.78 is 18.0. The van der Waals surface area contributed by atoms with Gasteiger partial charge in [0.15, 0.2) is 0 Å². The van der Waals surface area contributed by atoms with Gasteiger partial charge in [-0.25, -0.2) is 4.39 Å². The number of hydrogen-bond donors (Lipinski definition) is 2. The molecule has 0 saturated carbocycles. The van der Waals surface area contributed by atoms with Crippen molar-refractivity contribution < 1.29 is 13.6 Å². The fourth-order valence-electron chi connectivity index (χ4n) is 1.26. The first-order valence-electron chi connectivity index (χ1n) is 4.72. The third-order valence-corrected chi connectivity index (χ3v) is 1.93. The van der Waals surface area contributed by atoms with E-state index in [1.165, 1.54) is 6.07 Å². The van der Waals surface area contributed by atoms with Crippen molar-refractivity contribution in [2.45, 2.75) is 6.92 Å². The van der Waals surface area contributed by atoms with Gasteiger partial charge in [0, 0.05) is 18.2 Å². The van der Waals surface area contributed by atoms with Crippen molar-refractivity contribution in [3.05, 3.63) is 35.5 Å². The average molecular weight is 236 g/mol. The Morgan fingerprint density at radius 1 is 1.41 bits per heavy atom. The number of aromatic nitrogens is 2. The standard InChI is InChI=1S/C10H9FN4O2/c1-5-14-15-10(17-5)13-9(16)6-2-7(11)4-8(12)3-6/h2-4H,12H2,1H3,(H,13,15,16). The Morgan fingerprint density at radius 3 is 2.76 bits per heavy atom. The zero-order valence-electron chi connectivity index (χ0n) is 8.90. The summed E-state index contributed by atoms with van der Waals surface area (Å²) in [5, 5.41) is 9.45. The molecule has 0 aliphatic heterocycles. The van der Waals surface area contributed by atoms with E-state index in [4.69, 9.17) is 10.2 Å². The molecule has 88 valence electrons. The normalized spacial score (nSPS) is 10.2. The molecule has 0 fully saturated rings. The van der Waals surface area contributed by atoms with Crippen LogP contribution in [0, 0.1) is 12.7 Å². The van der Waals surface area contributed by atoms with E-state index in [2.05, 4.69) is 15.5 Å². The summed E-state index contributed by atoms with van der Waals surface area (Å²) in [5.41, 5.74) is 5.67. The molecule has 2 aromatic rings. The molecule has 0 aliphatic carbocycles. The van der Waals surface area contributed by atoms with Crippen LogP contribution in [0.15, 0.2) is 22.6 Å². The Kier molecular flexibility index (Phi) is 2.73. The Balaban J connectivity index is 2.19. The van der Waals surface area contributed by atoms with E-state index in [0.717, 1.165) is 12.1 Å². The van der Waals surface area contributed by atoms with Crippen molar-refractivity contribution in [2.24, 2.45) is 0 Å². The lowest BCUT2D eigenvalue weighted by Crippen LogP contribution is -2.12. The molecule has 0 spiro atoms. The Hall–Kier alpha value is -2.44. The van der Waals surface area contributed by atoms with E-state index in [1.807, 2.05) is 0 Å². The Morgan fingerprint density at radius 2 is 2.18 bits per heavy atom. The SMILES string of the molecule is Cc1nnc(NC(=O)c2cc(N)cc(F)c2)o1. The van der Waals surface area contributed by atoms with Crippen LogP contribution in [0.3, 0.4) is 0 Å². The van der Waals surface area contributed by atoms with Gasteiger partial charge >= 0.3 is 6.01 Å². The Bertz CT molecular complexity index is 547. The van der Waals surface area contributed by atoms with Crippen LogP contribution in [0.25, 0.3) is 0 Å². The average Bonchev–Trinajstić information content (AvgIpc) is 2.62. The second kappa shape index (κ2) is 4.20. The minimum atomic E-state index is -0.586. The molecule has 7 heteroatoms. The van der Waals surface area contributed by atoms with Gasteiger partial charge in [-0.2, -0.15) is 0 Å². The van der Waals surface area contributed by atoms with E-state index in [-0.39, 0.29) is 17.3 Å². The number of carbonyl (C=O) groups excluding carboxylic acids is 1. The molecule has 0 atom stereocenters. The molecule has 1 heterocycles. The lowest BCUT2D eigenvalue weighted by atomic mass is 10.2. The Labute approximate surface area is 95.6 Å². The molecular weight excluding hydrogens is 227 g/mol. The van der Waals surface area contributed by atoms with Crippen LogP contribution < -0.4 is 11.1 Å². The van der Waals surface area contributed by atoms with Gasteiger partial charge in [-0.1, -0.05) is 5.10 Å². The first-order chi connectivity index (χ1) is 8.04.